The predicted molar refractivity (Wildman–Crippen MR) is 88.2 cm³/mol. The zero-order valence-corrected chi connectivity index (χ0v) is 14.1. The van der Waals surface area contributed by atoms with Gasteiger partial charge in [-0.3, -0.25) is 0 Å². The molecule has 1 aromatic rings. The van der Waals surface area contributed by atoms with Crippen LogP contribution in [-0.4, -0.2) is 30.4 Å². The lowest BCUT2D eigenvalue weighted by molar-refractivity contribution is 0.0440. The topological polar surface area (TPSA) is 59.6 Å². The van der Waals surface area contributed by atoms with Gasteiger partial charge in [0.1, 0.15) is 5.60 Å². The molecular formula is C18H26N2O3. The quantitative estimate of drug-likeness (QED) is 0.899. The second-order valence-corrected chi connectivity index (χ2v) is 7.44. The van der Waals surface area contributed by atoms with E-state index in [0.717, 1.165) is 12.8 Å². The summed E-state index contributed by atoms with van der Waals surface area (Å²) in [5, 5.41) is 6.57. The van der Waals surface area contributed by atoms with E-state index in [1.165, 1.54) is 11.1 Å². The van der Waals surface area contributed by atoms with Gasteiger partial charge in [0.05, 0.1) is 19.3 Å². The minimum absolute atomic E-state index is 0.196. The normalized spacial score (nSPS) is 26.8. The van der Waals surface area contributed by atoms with Crippen molar-refractivity contribution in [2.45, 2.75) is 63.9 Å². The molecule has 1 aliphatic heterocycles. The highest BCUT2D eigenvalue weighted by Gasteiger charge is 2.34. The number of hydrogen-bond donors (Lipinski definition) is 2. The Kier molecular flexibility index (Phi) is 4.60. The highest BCUT2D eigenvalue weighted by atomic mass is 16.6. The molecule has 1 aromatic carbocycles. The molecule has 23 heavy (non-hydrogen) atoms. The van der Waals surface area contributed by atoms with E-state index in [2.05, 4.69) is 34.9 Å². The average molecular weight is 318 g/mol. The molecule has 0 bridgehead atoms. The third-order valence-corrected chi connectivity index (χ3v) is 4.27. The van der Waals surface area contributed by atoms with Gasteiger partial charge in [0, 0.05) is 12.1 Å². The van der Waals surface area contributed by atoms with Crippen LogP contribution in [0.5, 0.6) is 0 Å². The Labute approximate surface area is 137 Å². The molecule has 1 amide bonds. The van der Waals surface area contributed by atoms with Crippen LogP contribution in [0.2, 0.25) is 0 Å². The van der Waals surface area contributed by atoms with Crippen LogP contribution < -0.4 is 10.6 Å². The fourth-order valence-electron chi connectivity index (χ4n) is 3.15. The highest BCUT2D eigenvalue weighted by molar-refractivity contribution is 5.68. The van der Waals surface area contributed by atoms with Crippen LogP contribution in [0.25, 0.3) is 0 Å². The maximum Gasteiger partial charge on any atom is 0.407 e. The van der Waals surface area contributed by atoms with E-state index in [4.69, 9.17) is 9.47 Å². The number of fused-ring (bicyclic) bond motifs is 1. The van der Waals surface area contributed by atoms with Gasteiger partial charge in [-0.05, 0) is 44.7 Å². The van der Waals surface area contributed by atoms with E-state index in [1.807, 2.05) is 20.8 Å². The Morgan fingerprint density at radius 3 is 2.70 bits per heavy atom. The van der Waals surface area contributed by atoms with E-state index in [0.29, 0.717) is 19.3 Å². The second kappa shape index (κ2) is 6.49. The summed E-state index contributed by atoms with van der Waals surface area (Å²) in [5.74, 6) is 0. The molecule has 1 saturated carbocycles. The summed E-state index contributed by atoms with van der Waals surface area (Å²) in [4.78, 5) is 11.7. The monoisotopic (exact) mass is 318 g/mol. The van der Waals surface area contributed by atoms with E-state index >= 15 is 0 Å². The van der Waals surface area contributed by atoms with Gasteiger partial charge in [-0.1, -0.05) is 24.3 Å². The molecule has 5 nitrogen and oxygen atoms in total. The number of carbonyl (C=O) groups excluding carboxylic acids is 1. The molecule has 2 N–H and O–H groups in total. The predicted octanol–water partition coefficient (Wildman–Crippen LogP) is 2.90. The van der Waals surface area contributed by atoms with Crippen LogP contribution in [0.3, 0.4) is 0 Å². The van der Waals surface area contributed by atoms with Gasteiger partial charge in [0.2, 0.25) is 0 Å². The molecule has 1 unspecified atom stereocenters. The van der Waals surface area contributed by atoms with Crippen molar-refractivity contribution >= 4 is 6.09 Å². The Morgan fingerprint density at radius 1 is 1.22 bits per heavy atom. The summed E-state index contributed by atoms with van der Waals surface area (Å²) in [6, 6.07) is 9.27. The van der Waals surface area contributed by atoms with Crippen molar-refractivity contribution in [1.29, 1.82) is 0 Å². The molecule has 1 atom stereocenters. The lowest BCUT2D eigenvalue weighted by Crippen LogP contribution is -2.54. The molecule has 0 radical (unpaired) electrons. The largest absolute Gasteiger partial charge is 0.444 e. The zero-order valence-electron chi connectivity index (χ0n) is 14.1. The molecule has 1 heterocycles. The first-order chi connectivity index (χ1) is 10.9. The summed E-state index contributed by atoms with van der Waals surface area (Å²) in [5.41, 5.74) is 2.15. The van der Waals surface area contributed by atoms with E-state index in [9.17, 15) is 4.79 Å². The Morgan fingerprint density at radius 2 is 1.96 bits per heavy atom. The third-order valence-electron chi connectivity index (χ3n) is 4.27. The first kappa shape index (κ1) is 16.3. The molecule has 5 heteroatoms. The minimum Gasteiger partial charge on any atom is -0.444 e. The van der Waals surface area contributed by atoms with Crippen LogP contribution in [0.15, 0.2) is 24.3 Å². The molecule has 2 aliphatic rings. The summed E-state index contributed by atoms with van der Waals surface area (Å²) in [7, 11) is 0. The number of hydrogen-bond acceptors (Lipinski definition) is 4. The Bertz CT molecular complexity index is 562. The van der Waals surface area contributed by atoms with Gasteiger partial charge in [0.15, 0.2) is 0 Å². The molecule has 0 saturated heterocycles. The molecule has 0 aromatic heterocycles. The van der Waals surface area contributed by atoms with E-state index in [1.54, 1.807) is 0 Å². The number of alkyl carbamates (subject to hydrolysis) is 1. The van der Waals surface area contributed by atoms with Crippen molar-refractivity contribution in [2.24, 2.45) is 0 Å². The Balaban J connectivity index is 1.45. The van der Waals surface area contributed by atoms with Crippen molar-refractivity contribution in [1.82, 2.24) is 10.6 Å². The van der Waals surface area contributed by atoms with Crippen LogP contribution in [0.4, 0.5) is 4.79 Å². The van der Waals surface area contributed by atoms with Crippen molar-refractivity contribution in [3.63, 3.8) is 0 Å². The number of benzene rings is 1. The van der Waals surface area contributed by atoms with Crippen molar-refractivity contribution in [2.75, 3.05) is 6.61 Å². The first-order valence-electron chi connectivity index (χ1n) is 8.32. The molecule has 1 aliphatic carbocycles. The standard InChI is InChI=1S/C18H26N2O3/c1-18(2,3)23-17(21)20-14-8-13(9-14)19-16-11-22-10-12-6-4-5-7-15(12)16/h4-7,13-14,16,19H,8-11H2,1-3H3,(H,20,21). The molecular weight excluding hydrogens is 292 g/mol. The zero-order chi connectivity index (χ0) is 16.4. The van der Waals surface area contributed by atoms with Crippen LogP contribution in [0.1, 0.15) is 50.8 Å². The fourth-order valence-corrected chi connectivity index (χ4v) is 3.15. The maximum atomic E-state index is 11.7. The first-order valence-corrected chi connectivity index (χ1v) is 8.32. The summed E-state index contributed by atoms with van der Waals surface area (Å²) in [6.45, 7) is 7.02. The van der Waals surface area contributed by atoms with Gasteiger partial charge in [-0.15, -0.1) is 0 Å². The van der Waals surface area contributed by atoms with Gasteiger partial charge in [0.25, 0.3) is 0 Å². The van der Waals surface area contributed by atoms with Gasteiger partial charge in [-0.25, -0.2) is 4.79 Å². The molecule has 126 valence electrons. The van der Waals surface area contributed by atoms with Crippen LogP contribution >= 0.6 is 0 Å². The SMILES string of the molecule is CC(C)(C)OC(=O)NC1CC(NC2COCc3ccccc32)C1. The van der Waals surface area contributed by atoms with Crippen LogP contribution in [-0.2, 0) is 16.1 Å². The maximum absolute atomic E-state index is 11.7. The number of rotatable bonds is 3. The molecule has 0 spiro atoms. The Hall–Kier alpha value is -1.59. The molecule has 1 fully saturated rings. The van der Waals surface area contributed by atoms with Crippen LogP contribution in [0, 0.1) is 0 Å². The van der Waals surface area contributed by atoms with Crippen molar-refractivity contribution in [3.05, 3.63) is 35.4 Å². The number of carbonyl (C=O) groups is 1. The number of amides is 1. The van der Waals surface area contributed by atoms with Gasteiger partial charge < -0.3 is 20.1 Å². The van der Waals surface area contributed by atoms with Gasteiger partial charge >= 0.3 is 6.09 Å². The van der Waals surface area contributed by atoms with Crippen molar-refractivity contribution in [3.8, 4) is 0 Å². The highest BCUT2D eigenvalue weighted by Crippen LogP contribution is 2.29. The summed E-state index contributed by atoms with van der Waals surface area (Å²) >= 11 is 0. The van der Waals surface area contributed by atoms with Gasteiger partial charge in [-0.2, -0.15) is 0 Å². The molecule has 3 rings (SSSR count). The third kappa shape index (κ3) is 4.24. The summed E-state index contributed by atoms with van der Waals surface area (Å²) in [6.07, 6.45) is 1.53. The number of ether oxygens (including phenoxy) is 2. The summed E-state index contributed by atoms with van der Waals surface area (Å²) < 4.78 is 11.0. The van der Waals surface area contributed by atoms with E-state index < -0.39 is 5.60 Å². The van der Waals surface area contributed by atoms with E-state index in [-0.39, 0.29) is 18.2 Å². The average Bonchev–Trinajstić information content (AvgIpc) is 2.43. The smallest absolute Gasteiger partial charge is 0.407 e. The van der Waals surface area contributed by atoms with Crippen molar-refractivity contribution < 1.29 is 14.3 Å². The lowest BCUT2D eigenvalue weighted by atomic mass is 9.85. The number of nitrogens with one attached hydrogen (secondary N) is 2. The lowest BCUT2D eigenvalue weighted by Gasteiger charge is -2.40. The fraction of sp³-hybridized carbons (Fsp3) is 0.611. The second-order valence-electron chi connectivity index (χ2n) is 7.44. The minimum atomic E-state index is -0.450.